The fraction of sp³-hybridized carbons (Fsp3) is 0.435. The summed E-state index contributed by atoms with van der Waals surface area (Å²) in [6, 6.07) is 14.7. The summed E-state index contributed by atoms with van der Waals surface area (Å²) in [6.45, 7) is 3.42. The molecule has 0 spiro atoms. The molecule has 0 radical (unpaired) electrons. The summed E-state index contributed by atoms with van der Waals surface area (Å²) in [5, 5.41) is 2.94. The number of hydrogen-bond donors (Lipinski definition) is 2. The summed E-state index contributed by atoms with van der Waals surface area (Å²) in [4.78, 5) is 33.5. The second kappa shape index (κ2) is 11.8. The summed E-state index contributed by atoms with van der Waals surface area (Å²) in [6.07, 6.45) is 3.86. The van der Waals surface area contributed by atoms with Crippen LogP contribution in [0, 0.1) is 6.92 Å². The number of benzene rings is 2. The molecule has 2 aromatic carbocycles. The predicted octanol–water partition coefficient (Wildman–Crippen LogP) is 4.24. The average molecular weight is 415 g/mol. The number of unbranched alkanes of at least 4 members (excludes halogenated alkanes) is 4. The van der Waals surface area contributed by atoms with Crippen LogP contribution in [0.2, 0.25) is 0 Å². The lowest BCUT2D eigenvalue weighted by atomic mass is 10.1. The molecule has 0 aromatic heterocycles. The Labute approximate surface area is 177 Å². The van der Waals surface area contributed by atoms with Crippen LogP contribution in [0.15, 0.2) is 48.5 Å². The molecule has 1 heterocycles. The lowest BCUT2D eigenvalue weighted by Crippen LogP contribution is -2.25. The molecule has 7 heteroatoms. The zero-order valence-electron chi connectivity index (χ0n) is 17.3. The number of carbonyl (C=O) groups excluding carboxylic acids is 1. The summed E-state index contributed by atoms with van der Waals surface area (Å²) in [5.74, 6) is -0.0964. The minimum Gasteiger partial charge on any atom is -0.352 e. The van der Waals surface area contributed by atoms with Crippen molar-refractivity contribution < 1.29 is 24.3 Å². The Morgan fingerprint density at radius 2 is 1.30 bits per heavy atom. The van der Waals surface area contributed by atoms with E-state index < -0.39 is 12.6 Å². The smallest absolute Gasteiger partial charge is 0.251 e. The van der Waals surface area contributed by atoms with Gasteiger partial charge >= 0.3 is 0 Å². The van der Waals surface area contributed by atoms with Crippen LogP contribution in [0.3, 0.4) is 0 Å². The molecule has 0 unspecified atom stereocenters. The zero-order chi connectivity index (χ0) is 21.2. The Morgan fingerprint density at radius 3 is 1.87 bits per heavy atom. The van der Waals surface area contributed by atoms with E-state index in [0.717, 1.165) is 49.8 Å². The van der Waals surface area contributed by atoms with Crippen molar-refractivity contribution in [2.45, 2.75) is 51.6 Å². The normalized spacial score (nSPS) is 18.9. The van der Waals surface area contributed by atoms with Crippen LogP contribution in [-0.4, -0.2) is 19.0 Å². The minimum atomic E-state index is -0.822. The topological polar surface area (TPSA) is 92.0 Å². The molecule has 0 aliphatic carbocycles. The summed E-state index contributed by atoms with van der Waals surface area (Å²) in [7, 11) is 0. The van der Waals surface area contributed by atoms with Gasteiger partial charge in [-0.25, -0.2) is 0 Å². The second-order valence-corrected chi connectivity index (χ2v) is 7.39. The molecule has 1 saturated heterocycles. The van der Waals surface area contributed by atoms with Gasteiger partial charge in [-0.05, 0) is 38.4 Å². The van der Waals surface area contributed by atoms with E-state index in [-0.39, 0.29) is 5.91 Å². The third-order valence-electron chi connectivity index (χ3n) is 4.92. The van der Waals surface area contributed by atoms with Gasteiger partial charge in [0.2, 0.25) is 12.6 Å². The Bertz CT molecular complexity index is 771. The lowest BCUT2D eigenvalue weighted by molar-refractivity contribution is -0.600. The molecule has 1 amide bonds. The molecule has 0 saturated carbocycles. The number of rotatable bonds is 10. The van der Waals surface area contributed by atoms with E-state index in [9.17, 15) is 4.79 Å². The van der Waals surface area contributed by atoms with E-state index >= 15 is 0 Å². The first-order valence-electron chi connectivity index (χ1n) is 10.5. The zero-order valence-corrected chi connectivity index (χ0v) is 17.3. The highest BCUT2D eigenvalue weighted by atomic mass is 17.4. The van der Waals surface area contributed by atoms with Gasteiger partial charge in [-0.2, -0.15) is 19.6 Å². The van der Waals surface area contributed by atoms with Crippen molar-refractivity contribution in [2.75, 3.05) is 13.1 Å². The van der Waals surface area contributed by atoms with Crippen molar-refractivity contribution in [1.29, 1.82) is 0 Å². The fourth-order valence-electron chi connectivity index (χ4n) is 3.07. The first kappa shape index (κ1) is 22.4. The number of carbonyl (C=O) groups is 1. The average Bonchev–Trinajstić information content (AvgIpc) is 2.79. The maximum absolute atomic E-state index is 12.3. The Morgan fingerprint density at radius 1 is 0.800 bits per heavy atom. The molecule has 2 aromatic rings. The molecule has 0 atom stereocenters. The quantitative estimate of drug-likeness (QED) is 0.446. The van der Waals surface area contributed by atoms with E-state index in [0.29, 0.717) is 17.7 Å². The first-order valence-corrected chi connectivity index (χ1v) is 10.5. The molecule has 30 heavy (non-hydrogen) atoms. The fourth-order valence-corrected chi connectivity index (χ4v) is 3.07. The highest BCUT2D eigenvalue weighted by molar-refractivity contribution is 5.94. The van der Waals surface area contributed by atoms with Gasteiger partial charge in [-0.1, -0.05) is 61.2 Å². The minimum absolute atomic E-state index is 0.0964. The second-order valence-electron chi connectivity index (χ2n) is 7.39. The standard InChI is InChI=1S/C23H30N2O5/c1-17-7-9-19(10-8-17)22-27-29-23(30-28-22)20-13-11-18(12-14-20)21(26)25-16-6-4-2-3-5-15-24/h7-14,22-23H,2-6,15-16,24H2,1H3,(H,25,26). The lowest BCUT2D eigenvalue weighted by Gasteiger charge is -2.27. The van der Waals surface area contributed by atoms with Gasteiger partial charge in [0.1, 0.15) is 0 Å². The van der Waals surface area contributed by atoms with Crippen LogP contribution < -0.4 is 11.1 Å². The van der Waals surface area contributed by atoms with Gasteiger partial charge in [0, 0.05) is 23.2 Å². The molecule has 162 valence electrons. The Balaban J connectivity index is 1.41. The third-order valence-corrected chi connectivity index (χ3v) is 4.92. The number of amides is 1. The molecule has 7 nitrogen and oxygen atoms in total. The van der Waals surface area contributed by atoms with Crippen molar-refractivity contribution >= 4 is 5.91 Å². The van der Waals surface area contributed by atoms with Crippen LogP contribution in [0.1, 0.15) is 71.7 Å². The number of hydrogen-bond acceptors (Lipinski definition) is 6. The molecule has 1 aliphatic heterocycles. The largest absolute Gasteiger partial charge is 0.352 e. The van der Waals surface area contributed by atoms with Crippen LogP contribution in [0.4, 0.5) is 0 Å². The van der Waals surface area contributed by atoms with Crippen molar-refractivity contribution in [3.63, 3.8) is 0 Å². The molecular weight excluding hydrogens is 384 g/mol. The van der Waals surface area contributed by atoms with E-state index in [1.54, 1.807) is 24.3 Å². The predicted molar refractivity (Wildman–Crippen MR) is 112 cm³/mol. The van der Waals surface area contributed by atoms with Gasteiger partial charge in [-0.3, -0.25) is 4.79 Å². The van der Waals surface area contributed by atoms with Crippen LogP contribution in [0.25, 0.3) is 0 Å². The SMILES string of the molecule is Cc1ccc(C2OOC(c3ccc(C(=O)NCCCCCCCN)cc3)OO2)cc1. The van der Waals surface area contributed by atoms with Gasteiger partial charge in [0.05, 0.1) is 0 Å². The summed E-state index contributed by atoms with van der Waals surface area (Å²) >= 11 is 0. The van der Waals surface area contributed by atoms with E-state index in [4.69, 9.17) is 25.3 Å². The molecule has 0 bridgehead atoms. The van der Waals surface area contributed by atoms with Crippen molar-refractivity contribution in [3.05, 3.63) is 70.8 Å². The van der Waals surface area contributed by atoms with Gasteiger partial charge in [-0.15, -0.1) is 0 Å². The third kappa shape index (κ3) is 6.62. The highest BCUT2D eigenvalue weighted by Gasteiger charge is 2.28. The Kier molecular flexibility index (Phi) is 8.80. The van der Waals surface area contributed by atoms with Gasteiger partial charge in [0.15, 0.2) is 0 Å². The molecular formula is C23H30N2O5. The van der Waals surface area contributed by atoms with Gasteiger partial charge < -0.3 is 11.1 Å². The number of nitrogens with two attached hydrogens (primary N) is 1. The maximum Gasteiger partial charge on any atom is 0.251 e. The van der Waals surface area contributed by atoms with Crippen molar-refractivity contribution in [2.24, 2.45) is 5.73 Å². The van der Waals surface area contributed by atoms with E-state index in [1.807, 2.05) is 31.2 Å². The number of nitrogens with one attached hydrogen (secondary N) is 1. The van der Waals surface area contributed by atoms with Gasteiger partial charge in [0.25, 0.3) is 5.91 Å². The molecule has 1 aliphatic rings. The van der Waals surface area contributed by atoms with E-state index in [2.05, 4.69) is 5.32 Å². The summed E-state index contributed by atoms with van der Waals surface area (Å²) < 4.78 is 0. The first-order chi connectivity index (χ1) is 14.7. The van der Waals surface area contributed by atoms with Crippen molar-refractivity contribution in [1.82, 2.24) is 5.32 Å². The molecule has 3 rings (SSSR count). The number of aryl methyl sites for hydroxylation is 1. The van der Waals surface area contributed by atoms with Crippen LogP contribution >= 0.6 is 0 Å². The highest BCUT2D eigenvalue weighted by Crippen LogP contribution is 2.32. The van der Waals surface area contributed by atoms with Crippen LogP contribution in [-0.2, 0) is 19.6 Å². The maximum atomic E-state index is 12.3. The molecule has 3 N–H and O–H groups in total. The monoisotopic (exact) mass is 414 g/mol. The Hall–Kier alpha value is -2.29. The van der Waals surface area contributed by atoms with Crippen LogP contribution in [0.5, 0.6) is 0 Å². The van der Waals surface area contributed by atoms with E-state index in [1.165, 1.54) is 0 Å². The summed E-state index contributed by atoms with van der Waals surface area (Å²) in [5.41, 5.74) is 8.69. The molecule has 1 fully saturated rings. The van der Waals surface area contributed by atoms with Crippen molar-refractivity contribution in [3.8, 4) is 0 Å².